The molecule has 2 heterocycles. The van der Waals surface area contributed by atoms with Crippen LogP contribution in [0.5, 0.6) is 0 Å². The highest BCUT2D eigenvalue weighted by Gasteiger charge is 2.35. The van der Waals surface area contributed by atoms with Gasteiger partial charge in [0.25, 0.3) is 23.6 Å². The van der Waals surface area contributed by atoms with Gasteiger partial charge < -0.3 is 9.47 Å². The molecule has 0 bridgehead atoms. The number of rotatable bonds is 9. The predicted molar refractivity (Wildman–Crippen MR) is 125 cm³/mol. The molecule has 2 aromatic rings. The van der Waals surface area contributed by atoms with E-state index in [1.54, 1.807) is 0 Å². The van der Waals surface area contributed by atoms with E-state index in [1.807, 2.05) is 0 Å². The smallest absolute Gasteiger partial charge is 0.338 e. The van der Waals surface area contributed by atoms with Gasteiger partial charge >= 0.3 is 11.9 Å². The summed E-state index contributed by atoms with van der Waals surface area (Å²) in [6.45, 7) is 6.84. The summed E-state index contributed by atoms with van der Waals surface area (Å²) in [5.41, 5.74) is 0.706. The van der Waals surface area contributed by atoms with E-state index in [2.05, 4.69) is 23.8 Å². The molecule has 0 spiro atoms. The summed E-state index contributed by atoms with van der Waals surface area (Å²) < 4.78 is 10.3. The van der Waals surface area contributed by atoms with Crippen LogP contribution in [-0.4, -0.2) is 48.8 Å². The third-order valence-corrected chi connectivity index (χ3v) is 5.75. The van der Waals surface area contributed by atoms with E-state index in [0.717, 1.165) is 0 Å². The van der Waals surface area contributed by atoms with Crippen LogP contribution in [0.15, 0.2) is 49.6 Å². The summed E-state index contributed by atoms with van der Waals surface area (Å²) in [5, 5.41) is 4.40. The summed E-state index contributed by atoms with van der Waals surface area (Å²) in [6, 6.07) is 5.47. The average molecular weight is 488 g/mol. The van der Waals surface area contributed by atoms with Gasteiger partial charge in [-0.3, -0.25) is 29.8 Å². The van der Waals surface area contributed by atoms with Crippen molar-refractivity contribution in [2.75, 3.05) is 13.2 Å². The van der Waals surface area contributed by atoms with Gasteiger partial charge in [-0.2, -0.15) is 0 Å². The molecule has 4 amide bonds. The first kappa shape index (κ1) is 24.3. The van der Waals surface area contributed by atoms with Gasteiger partial charge in [-0.1, -0.05) is 25.3 Å². The summed E-state index contributed by atoms with van der Waals surface area (Å²) in [4.78, 5) is 75.0. The zero-order chi connectivity index (χ0) is 26.0. The molecule has 36 heavy (non-hydrogen) atoms. The number of carbonyl (C=O) groups is 6. The van der Waals surface area contributed by atoms with Gasteiger partial charge in [-0.25, -0.2) is 9.59 Å². The number of carbonyl (C=O) groups excluding carboxylic acids is 6. The van der Waals surface area contributed by atoms with E-state index in [1.165, 1.54) is 36.4 Å². The Morgan fingerprint density at radius 3 is 1.42 bits per heavy atom. The molecule has 0 aliphatic carbocycles. The lowest BCUT2D eigenvalue weighted by molar-refractivity contribution is 0.0538. The Bertz CT molecular complexity index is 1280. The quantitative estimate of drug-likeness (QED) is 0.309. The van der Waals surface area contributed by atoms with Crippen molar-refractivity contribution in [1.82, 2.24) is 10.6 Å². The lowest BCUT2D eigenvalue weighted by Gasteiger charge is -2.15. The largest absolute Gasteiger partial charge is 0.458 e. The van der Waals surface area contributed by atoms with E-state index >= 15 is 0 Å². The van der Waals surface area contributed by atoms with Crippen molar-refractivity contribution in [1.29, 1.82) is 0 Å². The second-order valence-corrected chi connectivity index (χ2v) is 7.87. The number of ether oxygens (including phenoxy) is 2. The maximum absolute atomic E-state index is 12.7. The summed E-state index contributed by atoms with van der Waals surface area (Å²) in [7, 11) is 0. The zero-order valence-electron chi connectivity index (χ0n) is 19.0. The number of fused-ring (bicyclic) bond motifs is 2. The molecule has 0 saturated carbocycles. The Morgan fingerprint density at radius 1 is 0.667 bits per heavy atom. The van der Waals surface area contributed by atoms with Crippen molar-refractivity contribution in [2.45, 2.75) is 12.8 Å². The summed E-state index contributed by atoms with van der Waals surface area (Å²) >= 11 is 0. The molecule has 2 aliphatic rings. The minimum Gasteiger partial charge on any atom is -0.458 e. The van der Waals surface area contributed by atoms with Gasteiger partial charge in [0, 0.05) is 0 Å². The first-order valence-electron chi connectivity index (χ1n) is 10.9. The van der Waals surface area contributed by atoms with Crippen LogP contribution in [0.3, 0.4) is 0 Å². The third-order valence-electron chi connectivity index (χ3n) is 5.75. The minimum atomic E-state index is -0.739. The number of nitrogens with one attached hydrogen (secondary N) is 2. The molecule has 0 unspecified atom stereocenters. The third kappa shape index (κ3) is 4.20. The Labute approximate surface area is 205 Å². The van der Waals surface area contributed by atoms with Crippen molar-refractivity contribution < 1.29 is 38.2 Å². The van der Waals surface area contributed by atoms with Crippen molar-refractivity contribution in [3.05, 3.63) is 94.1 Å². The molecule has 2 N–H and O–H groups in total. The van der Waals surface area contributed by atoms with E-state index < -0.39 is 35.6 Å². The van der Waals surface area contributed by atoms with Crippen LogP contribution in [0.25, 0.3) is 0 Å². The molecule has 2 aliphatic heterocycles. The number of esters is 2. The van der Waals surface area contributed by atoms with Gasteiger partial charge in [-0.15, -0.1) is 0 Å². The zero-order valence-corrected chi connectivity index (χ0v) is 19.0. The first-order valence-corrected chi connectivity index (χ1v) is 10.9. The van der Waals surface area contributed by atoms with Gasteiger partial charge in [0.15, 0.2) is 0 Å². The standard InChI is InChI=1S/C26H20N2O8/c1-3-11-35-25(33)15-7-9-17-19(23(31)27-21(17)29)13(15)5-6-14-16(26(34)36-12-4-2)8-10-18-20(14)24(32)28-22(18)30/h3-4,7-10H,1-2,5-6,11-12H2,(H,27,29,31)(H,28,30,32). The highest BCUT2D eigenvalue weighted by atomic mass is 16.5. The molecule has 182 valence electrons. The Hall–Kier alpha value is -4.86. The number of hydrogen-bond acceptors (Lipinski definition) is 8. The first-order chi connectivity index (χ1) is 17.3. The molecule has 10 nitrogen and oxygen atoms in total. The summed E-state index contributed by atoms with van der Waals surface area (Å²) in [6.07, 6.45) is 2.68. The molecule has 0 saturated heterocycles. The minimum absolute atomic E-state index is 0.0111. The second-order valence-electron chi connectivity index (χ2n) is 7.87. The number of hydrogen-bond donors (Lipinski definition) is 2. The van der Waals surface area contributed by atoms with Crippen LogP contribution in [0.4, 0.5) is 0 Å². The number of imide groups is 2. The second kappa shape index (κ2) is 9.79. The molecule has 0 fully saturated rings. The normalized spacial score (nSPS) is 13.4. The molecule has 2 aromatic carbocycles. The van der Waals surface area contributed by atoms with Crippen LogP contribution in [-0.2, 0) is 22.3 Å². The highest BCUT2D eigenvalue weighted by Crippen LogP contribution is 2.30. The van der Waals surface area contributed by atoms with Crippen molar-refractivity contribution in [2.24, 2.45) is 0 Å². The van der Waals surface area contributed by atoms with Gasteiger partial charge in [-0.05, 0) is 48.2 Å². The predicted octanol–water partition coefficient (Wildman–Crippen LogP) is 1.92. The average Bonchev–Trinajstić information content (AvgIpc) is 3.32. The van der Waals surface area contributed by atoms with Gasteiger partial charge in [0.1, 0.15) is 13.2 Å². The van der Waals surface area contributed by atoms with Crippen LogP contribution >= 0.6 is 0 Å². The highest BCUT2D eigenvalue weighted by molar-refractivity contribution is 6.24. The molecule has 10 heteroatoms. The maximum Gasteiger partial charge on any atom is 0.338 e. The Balaban J connectivity index is 1.81. The van der Waals surface area contributed by atoms with Crippen LogP contribution < -0.4 is 10.6 Å². The van der Waals surface area contributed by atoms with Crippen LogP contribution in [0, 0.1) is 0 Å². The topological polar surface area (TPSA) is 145 Å². The lowest BCUT2D eigenvalue weighted by atomic mass is 9.88. The summed E-state index contributed by atoms with van der Waals surface area (Å²) in [5.74, 6) is -4.06. The van der Waals surface area contributed by atoms with Crippen LogP contribution in [0.2, 0.25) is 0 Å². The SMILES string of the molecule is C=CCOC(=O)c1ccc2c(c1CCc1c(C(=O)OCC=C)ccc3c1C(=O)NC3=O)C(=O)NC2=O. The van der Waals surface area contributed by atoms with E-state index in [-0.39, 0.29) is 70.6 Å². The fourth-order valence-electron chi connectivity index (χ4n) is 4.24. The molecule has 4 rings (SSSR count). The Morgan fingerprint density at radius 2 is 1.06 bits per heavy atom. The van der Waals surface area contributed by atoms with Crippen molar-refractivity contribution in [3.63, 3.8) is 0 Å². The lowest BCUT2D eigenvalue weighted by Crippen LogP contribution is -2.21. The van der Waals surface area contributed by atoms with Crippen molar-refractivity contribution in [3.8, 4) is 0 Å². The van der Waals surface area contributed by atoms with E-state index in [9.17, 15) is 28.8 Å². The fourth-order valence-corrected chi connectivity index (χ4v) is 4.24. The van der Waals surface area contributed by atoms with E-state index in [4.69, 9.17) is 9.47 Å². The molecule has 0 aromatic heterocycles. The molecule has 0 radical (unpaired) electrons. The van der Waals surface area contributed by atoms with Gasteiger partial charge in [0.05, 0.1) is 33.4 Å². The maximum atomic E-state index is 12.7. The fraction of sp³-hybridized carbons (Fsp3) is 0.154. The van der Waals surface area contributed by atoms with Crippen LogP contribution in [0.1, 0.15) is 73.3 Å². The Kier molecular flexibility index (Phi) is 6.60. The molecule has 0 atom stereocenters. The molecular formula is C26H20N2O8. The number of amides is 4. The van der Waals surface area contributed by atoms with Crippen molar-refractivity contribution >= 4 is 35.6 Å². The number of benzene rings is 2. The van der Waals surface area contributed by atoms with Gasteiger partial charge in [0.2, 0.25) is 0 Å². The van der Waals surface area contributed by atoms with E-state index in [0.29, 0.717) is 0 Å². The monoisotopic (exact) mass is 488 g/mol. The molecular weight excluding hydrogens is 468 g/mol.